The number of rotatable bonds is 5. The summed E-state index contributed by atoms with van der Waals surface area (Å²) in [6.45, 7) is 4.39. The van der Waals surface area contributed by atoms with E-state index in [4.69, 9.17) is 0 Å². The van der Waals surface area contributed by atoms with Gasteiger partial charge in [0, 0.05) is 56.3 Å². The van der Waals surface area contributed by atoms with E-state index in [2.05, 4.69) is 15.0 Å². The van der Waals surface area contributed by atoms with Gasteiger partial charge in [-0.25, -0.2) is 15.0 Å². The van der Waals surface area contributed by atoms with Crippen LogP contribution in [0.4, 0.5) is 0 Å². The fourth-order valence-electron chi connectivity index (χ4n) is 3.14. The van der Waals surface area contributed by atoms with Crippen molar-refractivity contribution in [1.29, 1.82) is 0 Å². The number of carbonyl (C=O) groups is 1. The monoisotopic (exact) mass is 313 g/mol. The summed E-state index contributed by atoms with van der Waals surface area (Å²) in [4.78, 5) is 27.1. The molecule has 3 heterocycles. The molecular weight excluding hydrogens is 290 g/mol. The van der Waals surface area contributed by atoms with Gasteiger partial charge in [0.1, 0.15) is 5.82 Å². The first-order valence-corrected chi connectivity index (χ1v) is 8.25. The lowest BCUT2D eigenvalue weighted by Gasteiger charge is -2.32. The molecule has 1 fully saturated rings. The molecule has 3 rings (SSSR count). The van der Waals surface area contributed by atoms with Gasteiger partial charge in [-0.3, -0.25) is 4.79 Å². The average Bonchev–Trinajstić information content (AvgIpc) is 3.08. The predicted molar refractivity (Wildman–Crippen MR) is 86.8 cm³/mol. The molecule has 0 radical (unpaired) electrons. The molecule has 0 aromatic carbocycles. The van der Waals surface area contributed by atoms with E-state index in [1.165, 1.54) is 0 Å². The summed E-state index contributed by atoms with van der Waals surface area (Å²) in [5, 5.41) is 0. The molecule has 1 aliphatic rings. The Morgan fingerprint density at radius 2 is 2.30 bits per heavy atom. The van der Waals surface area contributed by atoms with Gasteiger partial charge in [-0.2, -0.15) is 0 Å². The van der Waals surface area contributed by atoms with Gasteiger partial charge in [0.15, 0.2) is 0 Å². The normalized spacial score (nSPS) is 18.1. The van der Waals surface area contributed by atoms with Crippen LogP contribution >= 0.6 is 0 Å². The highest BCUT2D eigenvalue weighted by atomic mass is 16.2. The highest BCUT2D eigenvalue weighted by molar-refractivity contribution is 5.76. The minimum atomic E-state index is 0.251. The predicted octanol–water partition coefficient (Wildman–Crippen LogP) is 2.17. The molecule has 1 atom stereocenters. The van der Waals surface area contributed by atoms with Crippen molar-refractivity contribution < 1.29 is 4.79 Å². The first-order valence-electron chi connectivity index (χ1n) is 8.25. The molecule has 6 nitrogen and oxygen atoms in total. The Balaban J connectivity index is 1.52. The van der Waals surface area contributed by atoms with Crippen LogP contribution in [0.15, 0.2) is 31.0 Å². The van der Waals surface area contributed by atoms with Crippen LogP contribution in [-0.2, 0) is 11.3 Å². The Labute approximate surface area is 136 Å². The van der Waals surface area contributed by atoms with Gasteiger partial charge in [0.25, 0.3) is 0 Å². The van der Waals surface area contributed by atoms with E-state index in [-0.39, 0.29) is 5.91 Å². The summed E-state index contributed by atoms with van der Waals surface area (Å²) in [6.07, 6.45) is 10.9. The Bertz CT molecular complexity index is 640. The van der Waals surface area contributed by atoms with Crippen molar-refractivity contribution in [2.24, 2.45) is 0 Å². The largest absolute Gasteiger partial charge is 0.342 e. The van der Waals surface area contributed by atoms with E-state index >= 15 is 0 Å². The molecule has 2 aromatic heterocycles. The SMILES string of the molecule is Cc1nccc(C2CCCN(C(=O)CCCn3ccnc3)C2)n1. The first kappa shape index (κ1) is 15.6. The van der Waals surface area contributed by atoms with Gasteiger partial charge in [-0.15, -0.1) is 0 Å². The first-order chi connectivity index (χ1) is 11.2. The number of aromatic nitrogens is 4. The smallest absolute Gasteiger partial charge is 0.222 e. The lowest BCUT2D eigenvalue weighted by atomic mass is 9.94. The van der Waals surface area contributed by atoms with E-state index < -0.39 is 0 Å². The van der Waals surface area contributed by atoms with Crippen LogP contribution in [0, 0.1) is 6.92 Å². The zero-order valence-electron chi connectivity index (χ0n) is 13.6. The molecule has 0 aliphatic carbocycles. The lowest BCUT2D eigenvalue weighted by molar-refractivity contribution is -0.132. The van der Waals surface area contributed by atoms with Crippen molar-refractivity contribution in [3.8, 4) is 0 Å². The zero-order valence-corrected chi connectivity index (χ0v) is 13.6. The van der Waals surface area contributed by atoms with Gasteiger partial charge in [-0.1, -0.05) is 0 Å². The summed E-state index contributed by atoms with van der Waals surface area (Å²) in [5.41, 5.74) is 1.06. The summed E-state index contributed by atoms with van der Waals surface area (Å²) < 4.78 is 2.01. The third kappa shape index (κ3) is 4.15. The topological polar surface area (TPSA) is 63.9 Å². The lowest BCUT2D eigenvalue weighted by Crippen LogP contribution is -2.39. The number of aryl methyl sites for hydroxylation is 2. The molecule has 1 amide bonds. The molecule has 0 saturated carbocycles. The second-order valence-electron chi connectivity index (χ2n) is 6.11. The third-order valence-corrected chi connectivity index (χ3v) is 4.36. The van der Waals surface area contributed by atoms with Crippen molar-refractivity contribution in [2.75, 3.05) is 13.1 Å². The standard InChI is InChI=1S/C17H23N5O/c1-14-19-7-6-16(20-14)15-4-2-10-22(12-15)17(23)5-3-9-21-11-8-18-13-21/h6-8,11,13,15H,2-5,9-10,12H2,1H3. The Kier molecular flexibility index (Phi) is 5.00. The van der Waals surface area contributed by atoms with E-state index in [0.29, 0.717) is 12.3 Å². The molecule has 0 N–H and O–H groups in total. The van der Waals surface area contributed by atoms with Crippen molar-refractivity contribution in [3.05, 3.63) is 42.5 Å². The summed E-state index contributed by atoms with van der Waals surface area (Å²) in [6, 6.07) is 1.98. The Morgan fingerprint density at radius 1 is 1.39 bits per heavy atom. The van der Waals surface area contributed by atoms with Crippen LogP contribution in [0.3, 0.4) is 0 Å². The molecule has 6 heteroatoms. The van der Waals surface area contributed by atoms with Crippen molar-refractivity contribution in [3.63, 3.8) is 0 Å². The maximum absolute atomic E-state index is 12.4. The van der Waals surface area contributed by atoms with Gasteiger partial charge < -0.3 is 9.47 Å². The number of likely N-dealkylation sites (tertiary alicyclic amines) is 1. The van der Waals surface area contributed by atoms with Crippen molar-refractivity contribution >= 4 is 5.91 Å². The van der Waals surface area contributed by atoms with Crippen LogP contribution in [-0.4, -0.2) is 43.4 Å². The van der Waals surface area contributed by atoms with Gasteiger partial charge >= 0.3 is 0 Å². The van der Waals surface area contributed by atoms with Crippen LogP contribution in [0.5, 0.6) is 0 Å². The van der Waals surface area contributed by atoms with Gasteiger partial charge in [0.05, 0.1) is 6.33 Å². The minimum absolute atomic E-state index is 0.251. The van der Waals surface area contributed by atoms with Crippen LogP contribution < -0.4 is 0 Å². The average molecular weight is 313 g/mol. The van der Waals surface area contributed by atoms with E-state index in [1.807, 2.05) is 34.9 Å². The quantitative estimate of drug-likeness (QED) is 0.848. The summed E-state index contributed by atoms with van der Waals surface area (Å²) in [5.74, 6) is 1.38. The highest BCUT2D eigenvalue weighted by Gasteiger charge is 2.25. The molecule has 1 unspecified atom stereocenters. The summed E-state index contributed by atoms with van der Waals surface area (Å²) in [7, 11) is 0. The number of amides is 1. The molecule has 0 bridgehead atoms. The van der Waals surface area contributed by atoms with Gasteiger partial charge in [-0.05, 0) is 32.3 Å². The Hall–Kier alpha value is -2.24. The van der Waals surface area contributed by atoms with Crippen LogP contribution in [0.1, 0.15) is 43.1 Å². The van der Waals surface area contributed by atoms with Crippen molar-refractivity contribution in [1.82, 2.24) is 24.4 Å². The number of carbonyl (C=O) groups excluding carboxylic acids is 1. The number of hydrogen-bond acceptors (Lipinski definition) is 4. The molecule has 2 aromatic rings. The number of hydrogen-bond donors (Lipinski definition) is 0. The minimum Gasteiger partial charge on any atom is -0.342 e. The molecule has 23 heavy (non-hydrogen) atoms. The number of piperidine rings is 1. The molecule has 122 valence electrons. The molecule has 1 aliphatic heterocycles. The maximum atomic E-state index is 12.4. The molecular formula is C17H23N5O. The number of imidazole rings is 1. The summed E-state index contributed by atoms with van der Waals surface area (Å²) >= 11 is 0. The van der Waals surface area contributed by atoms with Crippen LogP contribution in [0.25, 0.3) is 0 Å². The fraction of sp³-hybridized carbons (Fsp3) is 0.529. The Morgan fingerprint density at radius 3 is 3.09 bits per heavy atom. The van der Waals surface area contributed by atoms with Crippen LogP contribution in [0.2, 0.25) is 0 Å². The highest BCUT2D eigenvalue weighted by Crippen LogP contribution is 2.25. The van der Waals surface area contributed by atoms with Gasteiger partial charge in [0.2, 0.25) is 5.91 Å². The molecule has 1 saturated heterocycles. The van der Waals surface area contributed by atoms with E-state index in [0.717, 1.165) is 50.4 Å². The fourth-order valence-corrected chi connectivity index (χ4v) is 3.14. The van der Waals surface area contributed by atoms with E-state index in [9.17, 15) is 4.79 Å². The number of nitrogens with zero attached hydrogens (tertiary/aromatic N) is 5. The zero-order chi connectivity index (χ0) is 16.1. The van der Waals surface area contributed by atoms with E-state index in [1.54, 1.807) is 12.5 Å². The maximum Gasteiger partial charge on any atom is 0.222 e. The van der Waals surface area contributed by atoms with Crippen molar-refractivity contribution in [2.45, 2.75) is 45.1 Å². The second-order valence-corrected chi connectivity index (χ2v) is 6.11. The molecule has 0 spiro atoms. The third-order valence-electron chi connectivity index (χ3n) is 4.36. The second kappa shape index (κ2) is 7.35.